The van der Waals surface area contributed by atoms with Crippen LogP contribution < -0.4 is 25.8 Å². The van der Waals surface area contributed by atoms with Crippen LogP contribution in [0.4, 0.5) is 15.9 Å². The van der Waals surface area contributed by atoms with E-state index < -0.39 is 16.2 Å². The van der Waals surface area contributed by atoms with Crippen molar-refractivity contribution in [2.75, 3.05) is 37.4 Å². The van der Waals surface area contributed by atoms with E-state index in [4.69, 9.17) is 15.2 Å². The molecular weight excluding hydrogens is 605 g/mol. The molecule has 3 aromatic carbocycles. The minimum Gasteiger partial charge on any atom is -0.633 e. The van der Waals surface area contributed by atoms with Crippen LogP contribution in [0, 0.1) is 17.9 Å². The summed E-state index contributed by atoms with van der Waals surface area (Å²) in [5.41, 5.74) is 8.56. The lowest BCUT2D eigenvalue weighted by Gasteiger charge is -2.38. The summed E-state index contributed by atoms with van der Waals surface area (Å²) < 4.78 is 27.8. The number of hydrogen-bond acceptors (Lipinski definition) is 8. The molecule has 47 heavy (non-hydrogen) atoms. The molecule has 1 atom stereocenters. The van der Waals surface area contributed by atoms with E-state index in [9.17, 15) is 19.2 Å². The number of aromatic nitrogens is 4. The van der Waals surface area contributed by atoms with E-state index in [2.05, 4.69) is 9.97 Å². The number of nitrogens with zero attached hydrogens (tertiary/aromatic N) is 6. The van der Waals surface area contributed by atoms with E-state index in [0.717, 1.165) is 12.8 Å². The van der Waals surface area contributed by atoms with Gasteiger partial charge in [-0.25, -0.2) is 23.7 Å². The first-order valence-electron chi connectivity index (χ1n) is 15.2. The molecule has 1 aliphatic carbocycles. The SMILES string of the molecule is Cc1cc(Oc2cccc(F)c2)ccc1-n1c(=O)n(-c2ccc3c(c2)N(C(=O)C=CC[N+](C)([O-])C2CC2)CCO3)c2ncnc(N)c21. The number of aryl methyl sites for hydroxylation is 1. The number of amides is 1. The summed E-state index contributed by atoms with van der Waals surface area (Å²) in [6, 6.07) is 16.2. The normalized spacial score (nSPS) is 15.8. The number of halogens is 1. The number of imidazole rings is 1. The largest absolute Gasteiger partial charge is 0.633 e. The highest BCUT2D eigenvalue weighted by atomic mass is 19.1. The van der Waals surface area contributed by atoms with Crippen LogP contribution in [0.5, 0.6) is 17.2 Å². The van der Waals surface area contributed by atoms with Crippen LogP contribution in [0.2, 0.25) is 0 Å². The molecule has 5 aromatic rings. The quantitative estimate of drug-likeness (QED) is 0.146. The van der Waals surface area contributed by atoms with Crippen molar-refractivity contribution in [1.29, 1.82) is 0 Å². The molecule has 0 bridgehead atoms. The first-order chi connectivity index (χ1) is 22.6. The Labute approximate surface area is 268 Å². The second-order valence-electron chi connectivity index (χ2n) is 11.9. The molecule has 3 heterocycles. The number of likely N-dealkylation sites (N-methyl/N-ethyl adjacent to an activating group) is 1. The molecule has 0 spiro atoms. The standard InChI is InChI=1S/C34H32FN7O5/c1-21-17-26(47-25-6-3-5-22(35)18-25)11-12-27(21)41-31-32(36)37-20-38-33(31)40(34(41)44)23-8-13-29-28(19-23)39(14-16-46-29)30(43)7-4-15-42(2,45)24-9-10-24/h3-8,11-13,17-20,24H,9-10,14-16H2,1-2H3,(H2,36,37,38). The Morgan fingerprint density at radius 3 is 2.68 bits per heavy atom. The van der Waals surface area contributed by atoms with Crippen molar-refractivity contribution in [3.63, 3.8) is 0 Å². The topological polar surface area (TPSA) is 141 Å². The fourth-order valence-electron chi connectivity index (χ4n) is 5.91. The molecule has 0 saturated heterocycles. The van der Waals surface area contributed by atoms with E-state index >= 15 is 0 Å². The van der Waals surface area contributed by atoms with E-state index in [1.807, 2.05) is 6.92 Å². The van der Waals surface area contributed by atoms with Gasteiger partial charge in [0, 0.05) is 25.0 Å². The van der Waals surface area contributed by atoms with Crippen molar-refractivity contribution in [3.8, 4) is 28.6 Å². The second-order valence-corrected chi connectivity index (χ2v) is 11.9. The highest BCUT2D eigenvalue weighted by Crippen LogP contribution is 2.36. The number of quaternary nitrogens is 1. The Bertz CT molecular complexity index is 2120. The number of carbonyl (C=O) groups is 1. The summed E-state index contributed by atoms with van der Waals surface area (Å²) in [6.45, 7) is 2.61. The van der Waals surface area contributed by atoms with Gasteiger partial charge in [-0.2, -0.15) is 0 Å². The smallest absolute Gasteiger partial charge is 0.339 e. The van der Waals surface area contributed by atoms with Gasteiger partial charge in [0.1, 0.15) is 41.5 Å². The maximum absolute atomic E-state index is 14.3. The van der Waals surface area contributed by atoms with Crippen LogP contribution in [-0.2, 0) is 4.79 Å². The number of nitrogens with two attached hydrogens (primary N) is 1. The van der Waals surface area contributed by atoms with Crippen molar-refractivity contribution in [2.24, 2.45) is 0 Å². The summed E-state index contributed by atoms with van der Waals surface area (Å²) in [5, 5.41) is 12.7. The van der Waals surface area contributed by atoms with Gasteiger partial charge in [0.25, 0.3) is 5.91 Å². The summed E-state index contributed by atoms with van der Waals surface area (Å²) in [6.07, 6.45) is 6.15. The van der Waals surface area contributed by atoms with E-state index in [-0.39, 0.29) is 30.0 Å². The van der Waals surface area contributed by atoms with E-state index in [1.165, 1.54) is 33.7 Å². The first-order valence-corrected chi connectivity index (χ1v) is 15.2. The van der Waals surface area contributed by atoms with Gasteiger partial charge in [0.2, 0.25) is 0 Å². The zero-order valence-electron chi connectivity index (χ0n) is 25.8. The van der Waals surface area contributed by atoms with Crippen LogP contribution in [0.25, 0.3) is 22.5 Å². The van der Waals surface area contributed by atoms with Crippen molar-refractivity contribution >= 4 is 28.6 Å². The summed E-state index contributed by atoms with van der Waals surface area (Å²) >= 11 is 0. The van der Waals surface area contributed by atoms with Crippen LogP contribution in [0.3, 0.4) is 0 Å². The lowest BCUT2D eigenvalue weighted by Crippen LogP contribution is -2.40. The number of hydroxylamine groups is 3. The zero-order chi connectivity index (χ0) is 32.9. The Morgan fingerprint density at radius 2 is 1.91 bits per heavy atom. The average molecular weight is 638 g/mol. The van der Waals surface area contributed by atoms with Gasteiger partial charge >= 0.3 is 5.69 Å². The molecule has 1 unspecified atom stereocenters. The number of anilines is 2. The number of benzene rings is 3. The van der Waals surface area contributed by atoms with E-state index in [0.29, 0.717) is 58.5 Å². The van der Waals surface area contributed by atoms with Crippen LogP contribution in [0.1, 0.15) is 18.4 Å². The highest BCUT2D eigenvalue weighted by Gasteiger charge is 2.34. The van der Waals surface area contributed by atoms with Gasteiger partial charge in [-0.1, -0.05) is 6.07 Å². The summed E-state index contributed by atoms with van der Waals surface area (Å²) in [4.78, 5) is 37.7. The van der Waals surface area contributed by atoms with E-state index in [1.54, 1.807) is 66.6 Å². The van der Waals surface area contributed by atoms with Crippen molar-refractivity contribution < 1.29 is 23.3 Å². The van der Waals surface area contributed by atoms with Crippen molar-refractivity contribution in [1.82, 2.24) is 19.1 Å². The predicted octanol–water partition coefficient (Wildman–Crippen LogP) is 4.78. The third-order valence-electron chi connectivity index (χ3n) is 8.47. The van der Waals surface area contributed by atoms with Gasteiger partial charge in [0.05, 0.1) is 43.2 Å². The molecular formula is C34H32FN7O5. The minimum atomic E-state index is -0.462. The number of carbonyl (C=O) groups excluding carboxylic acids is 1. The van der Waals surface area contributed by atoms with Gasteiger partial charge in [-0.15, -0.1) is 0 Å². The van der Waals surface area contributed by atoms with Gasteiger partial charge in [0.15, 0.2) is 11.5 Å². The second kappa shape index (κ2) is 11.7. The molecule has 2 N–H and O–H groups in total. The molecule has 2 aromatic heterocycles. The number of hydrogen-bond donors (Lipinski definition) is 1. The fraction of sp³-hybridized carbons (Fsp3) is 0.235. The van der Waals surface area contributed by atoms with Crippen molar-refractivity contribution in [3.05, 3.63) is 106 Å². The molecule has 13 heteroatoms. The molecule has 0 radical (unpaired) electrons. The molecule has 1 amide bonds. The minimum absolute atomic E-state index is 0.0926. The van der Waals surface area contributed by atoms with Crippen LogP contribution in [-0.4, -0.2) is 62.4 Å². The van der Waals surface area contributed by atoms with Gasteiger partial charge < -0.3 is 30.0 Å². The monoisotopic (exact) mass is 637 g/mol. The number of ether oxygens (including phenoxy) is 2. The molecule has 1 saturated carbocycles. The zero-order valence-corrected chi connectivity index (χ0v) is 25.8. The molecule has 7 rings (SSSR count). The lowest BCUT2D eigenvalue weighted by atomic mass is 10.2. The molecule has 1 fully saturated rings. The fourth-order valence-corrected chi connectivity index (χ4v) is 5.91. The number of rotatable bonds is 8. The number of fused-ring (bicyclic) bond motifs is 2. The van der Waals surface area contributed by atoms with Gasteiger partial charge in [-0.05, 0) is 67.1 Å². The first kappa shape index (κ1) is 30.1. The Morgan fingerprint density at radius 1 is 1.11 bits per heavy atom. The Hall–Kier alpha value is -5.53. The van der Waals surface area contributed by atoms with Crippen LogP contribution in [0.15, 0.2) is 83.9 Å². The third-order valence-corrected chi connectivity index (χ3v) is 8.47. The predicted molar refractivity (Wildman–Crippen MR) is 175 cm³/mol. The average Bonchev–Trinajstić information content (AvgIpc) is 3.86. The maximum atomic E-state index is 14.3. The Kier molecular flexibility index (Phi) is 7.49. The molecule has 240 valence electrons. The highest BCUT2D eigenvalue weighted by molar-refractivity contribution is 6.03. The lowest BCUT2D eigenvalue weighted by molar-refractivity contribution is -0.865. The van der Waals surface area contributed by atoms with Crippen molar-refractivity contribution in [2.45, 2.75) is 25.8 Å². The summed E-state index contributed by atoms with van der Waals surface area (Å²) in [7, 11) is 1.63. The van der Waals surface area contributed by atoms with Gasteiger partial charge in [-0.3, -0.25) is 9.36 Å². The summed E-state index contributed by atoms with van der Waals surface area (Å²) in [5.74, 6) is 0.670. The van der Waals surface area contributed by atoms with Crippen LogP contribution >= 0.6 is 0 Å². The molecule has 1 aliphatic heterocycles. The maximum Gasteiger partial charge on any atom is 0.339 e. The third kappa shape index (κ3) is 5.70. The number of nitrogen functional groups attached to an aromatic ring is 1. The molecule has 12 nitrogen and oxygen atoms in total. The molecule has 2 aliphatic rings. The Balaban J connectivity index is 1.26.